The Morgan fingerprint density at radius 3 is 2.74 bits per heavy atom. The summed E-state index contributed by atoms with van der Waals surface area (Å²) in [5.41, 5.74) is 10.3. The Morgan fingerprint density at radius 1 is 1.05 bits per heavy atom. The van der Waals surface area contributed by atoms with Gasteiger partial charge in [-0.05, 0) is 60.2 Å². The molecule has 19 heavy (non-hydrogen) atoms. The lowest BCUT2D eigenvalue weighted by atomic mass is 10.1. The average Bonchev–Trinajstić information content (AvgIpc) is 2.85. The van der Waals surface area contributed by atoms with Gasteiger partial charge < -0.3 is 5.73 Å². The van der Waals surface area contributed by atoms with E-state index in [1.807, 2.05) is 0 Å². The van der Waals surface area contributed by atoms with Gasteiger partial charge in [-0.15, -0.1) is 11.8 Å². The van der Waals surface area contributed by atoms with Crippen molar-refractivity contribution in [2.24, 2.45) is 0 Å². The highest BCUT2D eigenvalue weighted by Crippen LogP contribution is 2.30. The molecule has 1 aliphatic rings. The van der Waals surface area contributed by atoms with Crippen LogP contribution in [0.5, 0.6) is 0 Å². The minimum Gasteiger partial charge on any atom is -0.398 e. The molecule has 0 unspecified atom stereocenters. The maximum atomic E-state index is 13.0. The molecule has 0 amide bonds. The number of benzene rings is 2. The third-order valence-electron chi connectivity index (χ3n) is 3.57. The Kier molecular flexibility index (Phi) is 3.47. The molecule has 0 atom stereocenters. The Labute approximate surface area is 117 Å². The summed E-state index contributed by atoms with van der Waals surface area (Å²) < 4.78 is 13.0. The lowest BCUT2D eigenvalue weighted by Crippen LogP contribution is -1.93. The standard InChI is InChI=1S/C16H16FNS/c17-14-6-4-13(16(18)9-14)10-19-15-7-5-11-2-1-3-12(11)8-15/h4-9H,1-3,10,18H2. The predicted octanol–water partition coefficient (Wildman–Crippen LogP) is 4.19. The van der Waals surface area contributed by atoms with Crippen molar-refractivity contribution in [2.75, 3.05) is 5.73 Å². The molecule has 2 N–H and O–H groups in total. The van der Waals surface area contributed by atoms with E-state index in [0.717, 1.165) is 11.3 Å². The fourth-order valence-electron chi connectivity index (χ4n) is 2.50. The molecular weight excluding hydrogens is 257 g/mol. The van der Waals surface area contributed by atoms with Crippen molar-refractivity contribution in [1.82, 2.24) is 0 Å². The molecule has 3 rings (SSSR count). The highest BCUT2D eigenvalue weighted by molar-refractivity contribution is 7.98. The zero-order chi connectivity index (χ0) is 13.2. The van der Waals surface area contributed by atoms with Crippen molar-refractivity contribution in [3.8, 4) is 0 Å². The first-order chi connectivity index (χ1) is 9.22. The van der Waals surface area contributed by atoms with E-state index in [4.69, 9.17) is 5.73 Å². The Bertz CT molecular complexity index is 610. The van der Waals surface area contributed by atoms with E-state index in [1.54, 1.807) is 17.8 Å². The van der Waals surface area contributed by atoms with Crippen LogP contribution in [0, 0.1) is 5.82 Å². The molecule has 1 aliphatic carbocycles. The summed E-state index contributed by atoms with van der Waals surface area (Å²) in [5.74, 6) is 0.508. The second-order valence-electron chi connectivity index (χ2n) is 4.92. The van der Waals surface area contributed by atoms with Gasteiger partial charge in [0.15, 0.2) is 0 Å². The number of halogens is 1. The molecule has 0 bridgehead atoms. The third-order valence-corrected chi connectivity index (χ3v) is 4.61. The SMILES string of the molecule is Nc1cc(F)ccc1CSc1ccc2c(c1)CCC2. The molecule has 2 aromatic carbocycles. The zero-order valence-corrected chi connectivity index (χ0v) is 11.5. The number of nitrogens with two attached hydrogens (primary N) is 1. The average molecular weight is 273 g/mol. The van der Waals surface area contributed by atoms with Crippen LogP contribution in [0.15, 0.2) is 41.3 Å². The van der Waals surface area contributed by atoms with Crippen LogP contribution in [0.4, 0.5) is 10.1 Å². The van der Waals surface area contributed by atoms with Crippen molar-refractivity contribution in [1.29, 1.82) is 0 Å². The number of nitrogen functional groups attached to an aromatic ring is 1. The number of thioether (sulfide) groups is 1. The predicted molar refractivity (Wildman–Crippen MR) is 78.8 cm³/mol. The quantitative estimate of drug-likeness (QED) is 0.670. The minimum atomic E-state index is -0.274. The summed E-state index contributed by atoms with van der Waals surface area (Å²) in [6.07, 6.45) is 3.68. The fraction of sp³-hybridized carbons (Fsp3) is 0.250. The summed E-state index contributed by atoms with van der Waals surface area (Å²) in [7, 11) is 0. The molecule has 0 aromatic heterocycles. The van der Waals surface area contributed by atoms with Gasteiger partial charge >= 0.3 is 0 Å². The molecule has 0 spiro atoms. The molecule has 3 heteroatoms. The molecule has 98 valence electrons. The van der Waals surface area contributed by atoms with Crippen molar-refractivity contribution in [2.45, 2.75) is 29.9 Å². The first-order valence-electron chi connectivity index (χ1n) is 6.51. The van der Waals surface area contributed by atoms with Crippen LogP contribution in [-0.2, 0) is 18.6 Å². The molecule has 0 saturated heterocycles. The van der Waals surface area contributed by atoms with Crippen molar-refractivity contribution < 1.29 is 4.39 Å². The highest BCUT2D eigenvalue weighted by atomic mass is 32.2. The molecule has 1 nitrogen and oxygen atoms in total. The highest BCUT2D eigenvalue weighted by Gasteiger charge is 2.11. The van der Waals surface area contributed by atoms with Gasteiger partial charge in [-0.2, -0.15) is 0 Å². The number of fused-ring (bicyclic) bond motifs is 1. The van der Waals surface area contributed by atoms with E-state index >= 15 is 0 Å². The molecule has 0 fully saturated rings. The lowest BCUT2D eigenvalue weighted by molar-refractivity contribution is 0.628. The topological polar surface area (TPSA) is 26.0 Å². The number of hydrogen-bond acceptors (Lipinski definition) is 2. The van der Waals surface area contributed by atoms with Gasteiger partial charge in [0.05, 0.1) is 0 Å². The van der Waals surface area contributed by atoms with Crippen LogP contribution < -0.4 is 5.73 Å². The number of anilines is 1. The summed E-state index contributed by atoms with van der Waals surface area (Å²) in [4.78, 5) is 1.27. The summed E-state index contributed by atoms with van der Waals surface area (Å²) in [6.45, 7) is 0. The van der Waals surface area contributed by atoms with Gasteiger partial charge in [0.1, 0.15) is 5.82 Å². The number of aryl methyl sites for hydroxylation is 2. The van der Waals surface area contributed by atoms with Crippen LogP contribution in [0.2, 0.25) is 0 Å². The number of hydrogen-bond donors (Lipinski definition) is 1. The van der Waals surface area contributed by atoms with Gasteiger partial charge in [0.2, 0.25) is 0 Å². The largest absolute Gasteiger partial charge is 0.398 e. The van der Waals surface area contributed by atoms with Crippen molar-refractivity contribution >= 4 is 17.4 Å². The van der Waals surface area contributed by atoms with E-state index in [-0.39, 0.29) is 5.82 Å². The Balaban J connectivity index is 1.72. The third kappa shape index (κ3) is 2.76. The maximum absolute atomic E-state index is 13.0. The normalized spacial score (nSPS) is 13.5. The molecule has 0 radical (unpaired) electrons. The van der Waals surface area contributed by atoms with Crippen LogP contribution >= 0.6 is 11.8 Å². The molecule has 2 aromatic rings. The minimum absolute atomic E-state index is 0.274. The van der Waals surface area contributed by atoms with Gasteiger partial charge in [0, 0.05) is 16.3 Å². The second-order valence-corrected chi connectivity index (χ2v) is 5.96. The Hall–Kier alpha value is -1.48. The number of rotatable bonds is 3. The smallest absolute Gasteiger partial charge is 0.125 e. The van der Waals surface area contributed by atoms with Gasteiger partial charge in [0.25, 0.3) is 0 Å². The van der Waals surface area contributed by atoms with Gasteiger partial charge in [-0.25, -0.2) is 4.39 Å². The monoisotopic (exact) mass is 273 g/mol. The second kappa shape index (κ2) is 5.25. The van der Waals surface area contributed by atoms with Crippen molar-refractivity contribution in [3.63, 3.8) is 0 Å². The van der Waals surface area contributed by atoms with E-state index in [2.05, 4.69) is 18.2 Å². The van der Waals surface area contributed by atoms with Crippen LogP contribution in [0.25, 0.3) is 0 Å². The van der Waals surface area contributed by atoms with Crippen LogP contribution in [0.3, 0.4) is 0 Å². The Morgan fingerprint density at radius 2 is 1.89 bits per heavy atom. The maximum Gasteiger partial charge on any atom is 0.125 e. The first kappa shape index (κ1) is 12.5. The van der Waals surface area contributed by atoms with E-state index in [9.17, 15) is 4.39 Å². The molecule has 0 aliphatic heterocycles. The van der Waals surface area contributed by atoms with Crippen molar-refractivity contribution in [3.05, 3.63) is 58.9 Å². The van der Waals surface area contributed by atoms with Gasteiger partial charge in [-0.1, -0.05) is 12.1 Å². The van der Waals surface area contributed by atoms with Crippen LogP contribution in [0.1, 0.15) is 23.1 Å². The lowest BCUT2D eigenvalue weighted by Gasteiger charge is -2.07. The first-order valence-corrected chi connectivity index (χ1v) is 7.49. The molecular formula is C16H16FNS. The van der Waals surface area contributed by atoms with Gasteiger partial charge in [-0.3, -0.25) is 0 Å². The molecule has 0 heterocycles. The summed E-state index contributed by atoms with van der Waals surface area (Å²) in [6, 6.07) is 11.3. The van der Waals surface area contributed by atoms with E-state index in [1.165, 1.54) is 47.4 Å². The fourth-order valence-corrected chi connectivity index (χ4v) is 3.47. The summed E-state index contributed by atoms with van der Waals surface area (Å²) >= 11 is 1.76. The zero-order valence-electron chi connectivity index (χ0n) is 10.7. The van der Waals surface area contributed by atoms with E-state index < -0.39 is 0 Å². The summed E-state index contributed by atoms with van der Waals surface area (Å²) in [5, 5.41) is 0. The van der Waals surface area contributed by atoms with E-state index in [0.29, 0.717) is 5.69 Å². The van der Waals surface area contributed by atoms with Crippen LogP contribution in [-0.4, -0.2) is 0 Å². The molecule has 0 saturated carbocycles.